The number of aliphatic hydroxyl groups is 1. The number of rotatable bonds is 3. The number of aromatic nitrogens is 2. The van der Waals surface area contributed by atoms with Crippen LogP contribution in [0.4, 0.5) is 0 Å². The number of aryl methyl sites for hydroxylation is 1. The van der Waals surface area contributed by atoms with E-state index in [1.165, 1.54) is 5.69 Å². The van der Waals surface area contributed by atoms with E-state index in [9.17, 15) is 5.11 Å². The van der Waals surface area contributed by atoms with E-state index in [0.717, 1.165) is 19.6 Å². The Morgan fingerprint density at radius 2 is 2.50 bits per heavy atom. The van der Waals surface area contributed by atoms with E-state index < -0.39 is 0 Å². The van der Waals surface area contributed by atoms with Gasteiger partial charge in [0.1, 0.15) is 0 Å². The summed E-state index contributed by atoms with van der Waals surface area (Å²) in [7, 11) is 0. The molecule has 1 aliphatic heterocycles. The molecular formula is C10H17N3O. The third-order valence-corrected chi connectivity index (χ3v) is 3.04. The molecule has 0 saturated carbocycles. The molecule has 1 aromatic heterocycles. The van der Waals surface area contributed by atoms with E-state index in [4.69, 9.17) is 0 Å². The molecule has 2 unspecified atom stereocenters. The van der Waals surface area contributed by atoms with Gasteiger partial charge in [-0.05, 0) is 6.92 Å². The molecule has 0 spiro atoms. The highest BCUT2D eigenvalue weighted by Crippen LogP contribution is 2.27. The zero-order chi connectivity index (χ0) is 9.97. The normalized spacial score (nSPS) is 27.0. The maximum Gasteiger partial charge on any atom is 0.0948 e. The Morgan fingerprint density at radius 3 is 3.21 bits per heavy atom. The van der Waals surface area contributed by atoms with Crippen LogP contribution < -0.4 is 5.32 Å². The number of aliphatic hydroxyl groups excluding tert-OH is 1. The van der Waals surface area contributed by atoms with Crippen LogP contribution in [0, 0.1) is 5.92 Å². The lowest BCUT2D eigenvalue weighted by molar-refractivity contribution is 0.224. The molecule has 2 heterocycles. The standard InChI is InChI=1S/C10H17N3O/c1-2-13-7-12-5-10(13)9-4-11-3-8(9)6-14/h5,7-9,11,14H,2-4,6H2,1H3. The lowest BCUT2D eigenvalue weighted by Gasteiger charge is -2.17. The molecule has 0 radical (unpaired) electrons. The molecule has 0 bridgehead atoms. The number of nitrogens with zero attached hydrogens (tertiary/aromatic N) is 2. The minimum Gasteiger partial charge on any atom is -0.396 e. The second kappa shape index (κ2) is 4.11. The zero-order valence-electron chi connectivity index (χ0n) is 8.48. The van der Waals surface area contributed by atoms with E-state index in [1.54, 1.807) is 0 Å². The minimum atomic E-state index is 0.257. The predicted molar refractivity (Wildman–Crippen MR) is 54.1 cm³/mol. The van der Waals surface area contributed by atoms with Gasteiger partial charge in [0.25, 0.3) is 0 Å². The molecule has 1 fully saturated rings. The van der Waals surface area contributed by atoms with Crippen molar-refractivity contribution >= 4 is 0 Å². The highest BCUT2D eigenvalue weighted by atomic mass is 16.3. The smallest absolute Gasteiger partial charge is 0.0948 e. The topological polar surface area (TPSA) is 50.1 Å². The SMILES string of the molecule is CCn1cncc1C1CNCC1CO. The fourth-order valence-electron chi connectivity index (χ4n) is 2.17. The summed E-state index contributed by atoms with van der Waals surface area (Å²) in [6.07, 6.45) is 3.78. The first kappa shape index (κ1) is 9.68. The third kappa shape index (κ3) is 1.55. The van der Waals surface area contributed by atoms with Crippen molar-refractivity contribution in [2.24, 2.45) is 5.92 Å². The average molecular weight is 195 g/mol. The second-order valence-electron chi connectivity index (χ2n) is 3.81. The van der Waals surface area contributed by atoms with Crippen LogP contribution in [-0.2, 0) is 6.54 Å². The number of nitrogens with one attached hydrogen (secondary N) is 1. The molecule has 2 atom stereocenters. The summed E-state index contributed by atoms with van der Waals surface area (Å²) in [5, 5.41) is 12.5. The summed E-state index contributed by atoms with van der Waals surface area (Å²) in [5.74, 6) is 0.763. The number of hydrogen-bond donors (Lipinski definition) is 2. The molecule has 4 nitrogen and oxygen atoms in total. The van der Waals surface area contributed by atoms with Gasteiger partial charge in [-0.1, -0.05) is 0 Å². The Hall–Kier alpha value is -0.870. The second-order valence-corrected chi connectivity index (χ2v) is 3.81. The minimum absolute atomic E-state index is 0.257. The van der Waals surface area contributed by atoms with Crippen molar-refractivity contribution < 1.29 is 5.11 Å². The summed E-state index contributed by atoms with van der Waals surface area (Å²) in [6, 6.07) is 0. The summed E-state index contributed by atoms with van der Waals surface area (Å²) in [5.41, 5.74) is 1.25. The fourth-order valence-corrected chi connectivity index (χ4v) is 2.17. The van der Waals surface area contributed by atoms with Crippen molar-refractivity contribution in [1.29, 1.82) is 0 Å². The monoisotopic (exact) mass is 195 g/mol. The van der Waals surface area contributed by atoms with Crippen LogP contribution in [0.3, 0.4) is 0 Å². The van der Waals surface area contributed by atoms with Gasteiger partial charge in [0, 0.05) is 50.0 Å². The quantitative estimate of drug-likeness (QED) is 0.724. The maximum atomic E-state index is 9.23. The van der Waals surface area contributed by atoms with Gasteiger partial charge >= 0.3 is 0 Å². The molecule has 0 amide bonds. The molecule has 2 rings (SSSR count). The van der Waals surface area contributed by atoms with Crippen molar-refractivity contribution in [1.82, 2.24) is 14.9 Å². The molecule has 0 aromatic carbocycles. The number of hydrogen-bond acceptors (Lipinski definition) is 3. The van der Waals surface area contributed by atoms with Gasteiger partial charge in [-0.15, -0.1) is 0 Å². The molecule has 78 valence electrons. The summed E-state index contributed by atoms with van der Waals surface area (Å²) < 4.78 is 2.15. The lowest BCUT2D eigenvalue weighted by Crippen LogP contribution is -2.17. The van der Waals surface area contributed by atoms with Crippen LogP contribution >= 0.6 is 0 Å². The molecule has 1 aromatic rings. The average Bonchev–Trinajstić information content (AvgIpc) is 2.85. The maximum absolute atomic E-state index is 9.23. The van der Waals surface area contributed by atoms with Crippen molar-refractivity contribution in [3.8, 4) is 0 Å². The summed E-state index contributed by atoms with van der Waals surface area (Å²) >= 11 is 0. The van der Waals surface area contributed by atoms with Crippen molar-refractivity contribution in [2.75, 3.05) is 19.7 Å². The Balaban J connectivity index is 2.21. The van der Waals surface area contributed by atoms with Crippen LogP contribution in [0.15, 0.2) is 12.5 Å². The Labute approximate surface area is 84.0 Å². The van der Waals surface area contributed by atoms with Crippen LogP contribution in [0.1, 0.15) is 18.5 Å². The van der Waals surface area contributed by atoms with Gasteiger partial charge in [0.15, 0.2) is 0 Å². The van der Waals surface area contributed by atoms with Crippen molar-refractivity contribution in [3.63, 3.8) is 0 Å². The van der Waals surface area contributed by atoms with E-state index >= 15 is 0 Å². The van der Waals surface area contributed by atoms with E-state index in [1.807, 2.05) is 12.5 Å². The van der Waals surface area contributed by atoms with Crippen molar-refractivity contribution in [3.05, 3.63) is 18.2 Å². The van der Waals surface area contributed by atoms with Crippen LogP contribution in [0.2, 0.25) is 0 Å². The highest BCUT2D eigenvalue weighted by molar-refractivity contribution is 5.11. The Bertz CT molecular complexity index is 297. The van der Waals surface area contributed by atoms with Gasteiger partial charge in [-0.3, -0.25) is 0 Å². The molecular weight excluding hydrogens is 178 g/mol. The molecule has 4 heteroatoms. The Morgan fingerprint density at radius 1 is 1.64 bits per heavy atom. The fraction of sp³-hybridized carbons (Fsp3) is 0.700. The molecule has 14 heavy (non-hydrogen) atoms. The van der Waals surface area contributed by atoms with E-state index in [-0.39, 0.29) is 6.61 Å². The van der Waals surface area contributed by atoms with Crippen LogP contribution in [-0.4, -0.2) is 34.4 Å². The van der Waals surface area contributed by atoms with E-state index in [0.29, 0.717) is 11.8 Å². The first-order chi connectivity index (χ1) is 6.86. The van der Waals surface area contributed by atoms with Crippen LogP contribution in [0.25, 0.3) is 0 Å². The first-order valence-electron chi connectivity index (χ1n) is 5.18. The number of imidazole rings is 1. The summed E-state index contributed by atoms with van der Waals surface area (Å²) in [6.45, 7) is 5.19. The van der Waals surface area contributed by atoms with Gasteiger partial charge in [0.05, 0.1) is 6.33 Å². The molecule has 1 saturated heterocycles. The van der Waals surface area contributed by atoms with Crippen LogP contribution in [0.5, 0.6) is 0 Å². The van der Waals surface area contributed by atoms with Gasteiger partial charge in [-0.2, -0.15) is 0 Å². The predicted octanol–water partition coefficient (Wildman–Crippen LogP) is 0.198. The first-order valence-corrected chi connectivity index (χ1v) is 5.18. The van der Waals surface area contributed by atoms with E-state index in [2.05, 4.69) is 21.8 Å². The largest absolute Gasteiger partial charge is 0.396 e. The van der Waals surface area contributed by atoms with Gasteiger partial charge in [0.2, 0.25) is 0 Å². The Kier molecular flexibility index (Phi) is 2.84. The third-order valence-electron chi connectivity index (χ3n) is 3.04. The van der Waals surface area contributed by atoms with Gasteiger partial charge < -0.3 is 15.0 Å². The summed E-state index contributed by atoms with van der Waals surface area (Å²) in [4.78, 5) is 4.16. The zero-order valence-corrected chi connectivity index (χ0v) is 8.48. The highest BCUT2D eigenvalue weighted by Gasteiger charge is 2.29. The molecule has 1 aliphatic rings. The molecule has 0 aliphatic carbocycles. The van der Waals surface area contributed by atoms with Crippen molar-refractivity contribution in [2.45, 2.75) is 19.4 Å². The lowest BCUT2D eigenvalue weighted by atomic mass is 9.94. The molecule has 2 N–H and O–H groups in total. The van der Waals surface area contributed by atoms with Gasteiger partial charge in [-0.25, -0.2) is 4.98 Å².